The molecule has 0 aromatic rings. The van der Waals surface area contributed by atoms with Crippen molar-refractivity contribution in [2.75, 3.05) is 59.5 Å². The average molecular weight is 778 g/mol. The summed E-state index contributed by atoms with van der Waals surface area (Å²) < 4.78 is 12.9. The number of unbranched alkanes of at least 4 members (excludes halogenated alkanes) is 24. The van der Waals surface area contributed by atoms with E-state index in [1.165, 1.54) is 206 Å². The third-order valence-electron chi connectivity index (χ3n) is 12.2. The summed E-state index contributed by atoms with van der Waals surface area (Å²) in [6.45, 7) is 18.2. The van der Waals surface area contributed by atoms with E-state index in [9.17, 15) is 4.79 Å². The molecular formula is C49H99N3O3. The molecule has 0 amide bonds. The second-order valence-corrected chi connectivity index (χ2v) is 17.6. The number of ether oxygens (including phenoxy) is 2. The number of rotatable bonds is 42. The fourth-order valence-corrected chi connectivity index (χ4v) is 8.24. The van der Waals surface area contributed by atoms with Gasteiger partial charge in [0.25, 0.3) is 0 Å². The summed E-state index contributed by atoms with van der Waals surface area (Å²) in [7, 11) is 2.25. The fourth-order valence-electron chi connectivity index (χ4n) is 8.24. The van der Waals surface area contributed by atoms with Crippen molar-refractivity contribution in [3.05, 3.63) is 0 Å². The number of nitrogens with zero attached hydrogens (tertiary/aromatic N) is 3. The lowest BCUT2D eigenvalue weighted by Crippen LogP contribution is -2.48. The SMILES string of the molecule is CCCCCCCCCOC(CCCCCCC)N(CCCCCCCC(=O)OC(CCCCCCCC)CCCCCCCC)CCN1CCN(C)CC1. The molecule has 328 valence electrons. The molecule has 1 atom stereocenters. The highest BCUT2D eigenvalue weighted by Crippen LogP contribution is 2.20. The lowest BCUT2D eigenvalue weighted by Gasteiger charge is -2.36. The first-order valence-electron chi connectivity index (χ1n) is 25.0. The zero-order valence-corrected chi connectivity index (χ0v) is 38.2. The number of hydrogen-bond acceptors (Lipinski definition) is 6. The Morgan fingerprint density at radius 1 is 0.509 bits per heavy atom. The predicted octanol–water partition coefficient (Wildman–Crippen LogP) is 13.7. The Hall–Kier alpha value is -0.690. The van der Waals surface area contributed by atoms with Crippen molar-refractivity contribution in [1.29, 1.82) is 0 Å². The van der Waals surface area contributed by atoms with E-state index in [0.717, 1.165) is 51.9 Å². The monoisotopic (exact) mass is 778 g/mol. The van der Waals surface area contributed by atoms with Crippen LogP contribution in [0.1, 0.15) is 240 Å². The summed E-state index contributed by atoms with van der Waals surface area (Å²) in [4.78, 5) is 20.8. The van der Waals surface area contributed by atoms with Gasteiger partial charge in [-0.15, -0.1) is 0 Å². The Labute approximate surface area is 345 Å². The van der Waals surface area contributed by atoms with Crippen molar-refractivity contribution in [2.45, 2.75) is 252 Å². The number of likely N-dealkylation sites (N-methyl/N-ethyl adjacent to an activating group) is 1. The second-order valence-electron chi connectivity index (χ2n) is 17.6. The van der Waals surface area contributed by atoms with Crippen LogP contribution in [0.3, 0.4) is 0 Å². The number of hydrogen-bond donors (Lipinski definition) is 0. The summed E-state index contributed by atoms with van der Waals surface area (Å²) in [5, 5.41) is 0. The molecule has 6 nitrogen and oxygen atoms in total. The number of carbonyl (C=O) groups is 1. The van der Waals surface area contributed by atoms with Gasteiger partial charge in [-0.25, -0.2) is 0 Å². The van der Waals surface area contributed by atoms with E-state index in [-0.39, 0.29) is 18.3 Å². The highest BCUT2D eigenvalue weighted by atomic mass is 16.5. The normalized spacial score (nSPS) is 14.7. The Bertz CT molecular complexity index is 773. The van der Waals surface area contributed by atoms with Crippen LogP contribution in [0.25, 0.3) is 0 Å². The molecule has 1 aliphatic rings. The maximum atomic E-state index is 13.0. The molecule has 0 saturated carbocycles. The molecule has 1 fully saturated rings. The van der Waals surface area contributed by atoms with Gasteiger partial charge in [0.05, 0.1) is 0 Å². The highest BCUT2D eigenvalue weighted by molar-refractivity contribution is 5.69. The first kappa shape index (κ1) is 52.3. The molecule has 1 saturated heterocycles. The zero-order valence-electron chi connectivity index (χ0n) is 38.2. The molecule has 0 spiro atoms. The van der Waals surface area contributed by atoms with E-state index in [1.54, 1.807) is 0 Å². The van der Waals surface area contributed by atoms with Gasteiger partial charge in [-0.1, -0.05) is 175 Å². The molecule has 1 rings (SSSR count). The lowest BCUT2D eigenvalue weighted by atomic mass is 10.0. The van der Waals surface area contributed by atoms with E-state index >= 15 is 0 Å². The third kappa shape index (κ3) is 32.9. The van der Waals surface area contributed by atoms with E-state index in [0.29, 0.717) is 6.42 Å². The van der Waals surface area contributed by atoms with Crippen molar-refractivity contribution >= 4 is 5.97 Å². The van der Waals surface area contributed by atoms with Crippen LogP contribution in [-0.2, 0) is 14.3 Å². The second kappa shape index (κ2) is 40.1. The topological polar surface area (TPSA) is 45.2 Å². The molecule has 55 heavy (non-hydrogen) atoms. The average Bonchev–Trinajstić information content (AvgIpc) is 3.19. The molecular weight excluding hydrogens is 679 g/mol. The van der Waals surface area contributed by atoms with Crippen LogP contribution in [0.15, 0.2) is 0 Å². The summed E-state index contributed by atoms with van der Waals surface area (Å²) in [5.74, 6) is 0.0527. The molecule has 0 N–H and O–H groups in total. The molecule has 1 aliphatic heterocycles. The molecule has 0 aromatic heterocycles. The van der Waals surface area contributed by atoms with Crippen molar-refractivity contribution < 1.29 is 14.3 Å². The quantitative estimate of drug-likeness (QED) is 0.0349. The minimum atomic E-state index is 0.0527. The smallest absolute Gasteiger partial charge is 0.306 e. The molecule has 0 aliphatic carbocycles. The summed E-state index contributed by atoms with van der Waals surface area (Å²) in [6, 6.07) is 0. The summed E-state index contributed by atoms with van der Waals surface area (Å²) in [6.07, 6.45) is 41.6. The Kier molecular flexibility index (Phi) is 38.2. The Morgan fingerprint density at radius 2 is 0.945 bits per heavy atom. The van der Waals surface area contributed by atoms with Crippen molar-refractivity contribution in [2.24, 2.45) is 0 Å². The van der Waals surface area contributed by atoms with Gasteiger partial charge < -0.3 is 14.4 Å². The van der Waals surface area contributed by atoms with E-state index in [2.05, 4.69) is 49.4 Å². The summed E-state index contributed by atoms with van der Waals surface area (Å²) >= 11 is 0. The Morgan fingerprint density at radius 3 is 1.47 bits per heavy atom. The van der Waals surface area contributed by atoms with Crippen LogP contribution in [0.4, 0.5) is 0 Å². The molecule has 0 radical (unpaired) electrons. The van der Waals surface area contributed by atoms with Crippen molar-refractivity contribution in [3.63, 3.8) is 0 Å². The van der Waals surface area contributed by atoms with Crippen LogP contribution in [-0.4, -0.2) is 92.5 Å². The largest absolute Gasteiger partial charge is 0.462 e. The van der Waals surface area contributed by atoms with Gasteiger partial charge in [0, 0.05) is 58.8 Å². The fraction of sp³-hybridized carbons (Fsp3) is 0.980. The van der Waals surface area contributed by atoms with Crippen molar-refractivity contribution in [3.8, 4) is 0 Å². The van der Waals surface area contributed by atoms with Gasteiger partial charge >= 0.3 is 5.97 Å². The lowest BCUT2D eigenvalue weighted by molar-refractivity contribution is -0.150. The molecule has 1 unspecified atom stereocenters. The zero-order chi connectivity index (χ0) is 39.9. The number of carbonyl (C=O) groups excluding carboxylic acids is 1. The Balaban J connectivity index is 2.57. The van der Waals surface area contributed by atoms with E-state index in [4.69, 9.17) is 9.47 Å². The van der Waals surface area contributed by atoms with Gasteiger partial charge in [-0.05, 0) is 64.8 Å². The van der Waals surface area contributed by atoms with Gasteiger partial charge in [-0.2, -0.15) is 0 Å². The van der Waals surface area contributed by atoms with Crippen LogP contribution in [0.5, 0.6) is 0 Å². The van der Waals surface area contributed by atoms with Crippen LogP contribution >= 0.6 is 0 Å². The van der Waals surface area contributed by atoms with Gasteiger partial charge in [0.2, 0.25) is 0 Å². The van der Waals surface area contributed by atoms with Crippen LogP contribution in [0.2, 0.25) is 0 Å². The van der Waals surface area contributed by atoms with E-state index < -0.39 is 0 Å². The molecule has 1 heterocycles. The minimum absolute atomic E-state index is 0.0527. The summed E-state index contributed by atoms with van der Waals surface area (Å²) in [5.41, 5.74) is 0. The predicted molar refractivity (Wildman–Crippen MR) is 240 cm³/mol. The van der Waals surface area contributed by atoms with Gasteiger partial charge in [-0.3, -0.25) is 14.6 Å². The standard InChI is InChI=1S/C49H99N3O3/c1-6-10-14-18-21-28-34-46-54-48(37-31-23-17-13-9-4)52(45-44-51-42-40-50(5)41-43-51)39-33-27-22-26-32-38-49(53)55-47(35-29-24-19-15-11-7-2)36-30-25-20-16-12-8-3/h47-48H,6-46H2,1-5H3. The van der Waals surface area contributed by atoms with E-state index in [1.807, 2.05) is 0 Å². The maximum absolute atomic E-state index is 13.0. The molecule has 6 heteroatoms. The van der Waals surface area contributed by atoms with Crippen LogP contribution < -0.4 is 0 Å². The molecule has 0 aromatic carbocycles. The number of esters is 1. The number of piperazine rings is 1. The molecule has 0 bridgehead atoms. The van der Waals surface area contributed by atoms with Crippen LogP contribution in [0, 0.1) is 0 Å². The third-order valence-corrected chi connectivity index (χ3v) is 12.2. The van der Waals surface area contributed by atoms with Gasteiger partial charge in [0.1, 0.15) is 12.3 Å². The van der Waals surface area contributed by atoms with Gasteiger partial charge in [0.15, 0.2) is 0 Å². The first-order chi connectivity index (χ1) is 27.0. The van der Waals surface area contributed by atoms with Crippen molar-refractivity contribution in [1.82, 2.24) is 14.7 Å². The maximum Gasteiger partial charge on any atom is 0.306 e. The highest BCUT2D eigenvalue weighted by Gasteiger charge is 2.21. The first-order valence-corrected chi connectivity index (χ1v) is 25.0. The minimum Gasteiger partial charge on any atom is -0.462 e.